The first-order valence-corrected chi connectivity index (χ1v) is 9.19. The molecule has 0 radical (unpaired) electrons. The number of benzene rings is 2. The van der Waals surface area contributed by atoms with E-state index in [1.165, 1.54) is 0 Å². The average Bonchev–Trinajstić information content (AvgIpc) is 2.61. The van der Waals surface area contributed by atoms with Crippen molar-refractivity contribution in [2.45, 2.75) is 0 Å². The van der Waals surface area contributed by atoms with Gasteiger partial charge in [0.05, 0.1) is 17.3 Å². The number of hydrogen-bond donors (Lipinski definition) is 2. The summed E-state index contributed by atoms with van der Waals surface area (Å²) in [5.74, 6) is 0.674. The molecule has 124 valence electrons. The molecule has 0 amide bonds. The second-order valence-electron chi connectivity index (χ2n) is 4.84. The van der Waals surface area contributed by atoms with Crippen LogP contribution in [0.5, 0.6) is 0 Å². The van der Waals surface area contributed by atoms with Gasteiger partial charge in [-0.05, 0) is 81.0 Å². The van der Waals surface area contributed by atoms with Crippen LogP contribution in [0.25, 0.3) is 0 Å². The van der Waals surface area contributed by atoms with E-state index in [2.05, 4.69) is 70.4 Å². The molecule has 0 atom stereocenters. The predicted octanol–water partition coefficient (Wildman–Crippen LogP) is 5.25. The second kappa shape index (κ2) is 7.95. The molecular formula is C16H9BrClIN6. The maximum absolute atomic E-state index is 8.84. The molecule has 0 aliphatic rings. The highest BCUT2D eigenvalue weighted by Gasteiger charge is 2.09. The largest absolute Gasteiger partial charge is 0.337 e. The molecule has 2 aromatic carbocycles. The molecule has 0 saturated heterocycles. The van der Waals surface area contributed by atoms with Crippen LogP contribution in [0.3, 0.4) is 0 Å². The second-order valence-corrected chi connectivity index (χ2v) is 7.30. The smallest absolute Gasteiger partial charge is 0.249 e. The Bertz CT molecular complexity index is 958. The summed E-state index contributed by atoms with van der Waals surface area (Å²) in [7, 11) is 0. The SMILES string of the molecule is N#Cc1ccc(Nc2nc(Nc3ccc(I)cc3Br)nnc2Cl)cc1. The van der Waals surface area contributed by atoms with E-state index in [0.29, 0.717) is 17.3 Å². The van der Waals surface area contributed by atoms with E-state index < -0.39 is 0 Å². The van der Waals surface area contributed by atoms with Crippen LogP contribution in [-0.2, 0) is 0 Å². The van der Waals surface area contributed by atoms with Gasteiger partial charge in [0.25, 0.3) is 0 Å². The number of aromatic nitrogens is 3. The van der Waals surface area contributed by atoms with E-state index in [1.54, 1.807) is 24.3 Å². The van der Waals surface area contributed by atoms with Crippen molar-refractivity contribution in [2.24, 2.45) is 0 Å². The van der Waals surface area contributed by atoms with Crippen molar-refractivity contribution in [3.05, 3.63) is 61.2 Å². The normalized spacial score (nSPS) is 10.2. The van der Waals surface area contributed by atoms with Crippen LogP contribution in [0.4, 0.5) is 23.1 Å². The van der Waals surface area contributed by atoms with E-state index in [0.717, 1.165) is 19.4 Å². The summed E-state index contributed by atoms with van der Waals surface area (Å²) in [5, 5.41) is 23.0. The number of nitrogens with zero attached hydrogens (tertiary/aromatic N) is 4. The van der Waals surface area contributed by atoms with Gasteiger partial charge in [-0.3, -0.25) is 0 Å². The Hall–Kier alpha value is -1.96. The molecule has 1 aromatic heterocycles. The van der Waals surface area contributed by atoms with Gasteiger partial charge in [0, 0.05) is 13.7 Å². The molecule has 2 N–H and O–H groups in total. The first kappa shape index (κ1) is 17.8. The van der Waals surface area contributed by atoms with Gasteiger partial charge >= 0.3 is 0 Å². The Labute approximate surface area is 170 Å². The Morgan fingerprint density at radius 3 is 2.52 bits per heavy atom. The standard InChI is InChI=1S/C16H9BrClIN6/c17-12-7-10(19)3-6-13(12)22-16-23-15(14(18)24-25-16)21-11-4-1-9(8-20)2-5-11/h1-7H,(H2,21,22,23,25). The summed E-state index contributed by atoms with van der Waals surface area (Å²) >= 11 is 11.8. The number of halogens is 3. The lowest BCUT2D eigenvalue weighted by Gasteiger charge is -2.10. The molecular weight excluding hydrogens is 518 g/mol. The molecule has 9 heteroatoms. The molecule has 25 heavy (non-hydrogen) atoms. The molecule has 0 bridgehead atoms. The molecule has 3 aromatic rings. The first-order chi connectivity index (χ1) is 12.0. The van der Waals surface area contributed by atoms with Gasteiger partial charge < -0.3 is 10.6 Å². The fraction of sp³-hybridized carbons (Fsp3) is 0. The molecule has 0 fully saturated rings. The predicted molar refractivity (Wildman–Crippen MR) is 109 cm³/mol. The number of nitrogens with one attached hydrogen (secondary N) is 2. The van der Waals surface area contributed by atoms with E-state index in [-0.39, 0.29) is 5.15 Å². The van der Waals surface area contributed by atoms with Crippen molar-refractivity contribution in [1.29, 1.82) is 5.26 Å². The summed E-state index contributed by atoms with van der Waals surface area (Å²) in [6.45, 7) is 0. The van der Waals surface area contributed by atoms with Gasteiger partial charge in [0.15, 0.2) is 11.0 Å². The van der Waals surface area contributed by atoms with Crippen LogP contribution in [0.15, 0.2) is 46.9 Å². The number of anilines is 4. The van der Waals surface area contributed by atoms with Crippen molar-refractivity contribution in [2.75, 3.05) is 10.6 Å². The molecule has 0 saturated carbocycles. The summed E-state index contributed by atoms with van der Waals surface area (Å²) in [5.41, 5.74) is 2.13. The zero-order valence-corrected chi connectivity index (χ0v) is 17.0. The third kappa shape index (κ3) is 4.56. The van der Waals surface area contributed by atoms with E-state index in [1.807, 2.05) is 18.2 Å². The third-order valence-corrected chi connectivity index (χ3v) is 4.68. The quantitative estimate of drug-likeness (QED) is 0.451. The molecule has 0 unspecified atom stereocenters. The van der Waals surface area contributed by atoms with Crippen LogP contribution in [0, 0.1) is 14.9 Å². The van der Waals surface area contributed by atoms with Crippen molar-refractivity contribution in [1.82, 2.24) is 15.2 Å². The minimum atomic E-state index is 0.150. The van der Waals surface area contributed by atoms with Crippen molar-refractivity contribution < 1.29 is 0 Å². The third-order valence-electron chi connectivity index (χ3n) is 3.10. The van der Waals surface area contributed by atoms with Gasteiger partial charge in [-0.2, -0.15) is 10.2 Å². The van der Waals surface area contributed by atoms with Gasteiger partial charge in [0.2, 0.25) is 5.95 Å². The van der Waals surface area contributed by atoms with Crippen LogP contribution in [0.1, 0.15) is 5.56 Å². The lowest BCUT2D eigenvalue weighted by Crippen LogP contribution is -2.04. The Morgan fingerprint density at radius 1 is 1.08 bits per heavy atom. The van der Waals surface area contributed by atoms with Gasteiger partial charge in [-0.1, -0.05) is 11.6 Å². The Balaban J connectivity index is 1.83. The van der Waals surface area contributed by atoms with Crippen molar-refractivity contribution in [3.63, 3.8) is 0 Å². The lowest BCUT2D eigenvalue weighted by atomic mass is 10.2. The minimum Gasteiger partial charge on any atom is -0.337 e. The highest BCUT2D eigenvalue weighted by molar-refractivity contribution is 14.1. The van der Waals surface area contributed by atoms with Crippen LogP contribution in [0.2, 0.25) is 5.15 Å². The van der Waals surface area contributed by atoms with E-state index in [4.69, 9.17) is 16.9 Å². The van der Waals surface area contributed by atoms with Crippen LogP contribution in [-0.4, -0.2) is 15.2 Å². The maximum Gasteiger partial charge on any atom is 0.249 e. The monoisotopic (exact) mass is 526 g/mol. The highest BCUT2D eigenvalue weighted by Crippen LogP contribution is 2.28. The average molecular weight is 528 g/mol. The maximum atomic E-state index is 8.84. The summed E-state index contributed by atoms with van der Waals surface area (Å²) < 4.78 is 1.99. The number of hydrogen-bond acceptors (Lipinski definition) is 6. The minimum absolute atomic E-state index is 0.150. The topological polar surface area (TPSA) is 86.5 Å². The summed E-state index contributed by atoms with van der Waals surface area (Å²) in [6.07, 6.45) is 0. The molecule has 3 rings (SSSR count). The molecule has 1 heterocycles. The van der Waals surface area contributed by atoms with Crippen molar-refractivity contribution in [3.8, 4) is 6.07 Å². The first-order valence-electron chi connectivity index (χ1n) is 6.94. The van der Waals surface area contributed by atoms with E-state index in [9.17, 15) is 0 Å². The van der Waals surface area contributed by atoms with Gasteiger partial charge in [-0.25, -0.2) is 0 Å². The molecule has 6 nitrogen and oxygen atoms in total. The Kier molecular flexibility index (Phi) is 5.67. The highest BCUT2D eigenvalue weighted by atomic mass is 127. The van der Waals surface area contributed by atoms with Crippen LogP contribution < -0.4 is 10.6 Å². The molecule has 0 aliphatic heterocycles. The van der Waals surface area contributed by atoms with Gasteiger partial charge in [-0.15, -0.1) is 10.2 Å². The zero-order chi connectivity index (χ0) is 17.8. The number of rotatable bonds is 4. The summed E-state index contributed by atoms with van der Waals surface area (Å²) in [6, 6.07) is 14.9. The summed E-state index contributed by atoms with van der Waals surface area (Å²) in [4.78, 5) is 4.35. The number of nitriles is 1. The van der Waals surface area contributed by atoms with Crippen LogP contribution >= 0.6 is 50.1 Å². The lowest BCUT2D eigenvalue weighted by molar-refractivity contribution is 0.982. The zero-order valence-electron chi connectivity index (χ0n) is 12.5. The van der Waals surface area contributed by atoms with Crippen molar-refractivity contribution >= 4 is 73.3 Å². The molecule has 0 spiro atoms. The fourth-order valence-electron chi connectivity index (χ4n) is 1.92. The Morgan fingerprint density at radius 2 is 1.84 bits per heavy atom. The molecule has 0 aliphatic carbocycles. The van der Waals surface area contributed by atoms with E-state index >= 15 is 0 Å². The van der Waals surface area contributed by atoms with Gasteiger partial charge in [0.1, 0.15) is 0 Å². The fourth-order valence-corrected chi connectivity index (χ4v) is 3.45.